The molecule has 1 aliphatic rings. The molecule has 3 N–H and O–H groups in total. The van der Waals surface area contributed by atoms with Crippen molar-refractivity contribution in [3.8, 4) is 0 Å². The second-order valence-corrected chi connectivity index (χ2v) is 7.73. The Morgan fingerprint density at radius 1 is 1.19 bits per heavy atom. The van der Waals surface area contributed by atoms with Crippen LogP contribution in [-0.4, -0.2) is 32.8 Å². The Hall–Kier alpha value is -3.62. The second kappa shape index (κ2) is 9.67. The lowest BCUT2D eigenvalue weighted by Crippen LogP contribution is -2.42. The molecule has 0 aliphatic carbocycles. The zero-order valence-electron chi connectivity index (χ0n) is 18.6. The summed E-state index contributed by atoms with van der Waals surface area (Å²) in [4.78, 5) is 55.6. The molecule has 2 amide bonds. The number of aromatic nitrogens is 2. The fourth-order valence-electron chi connectivity index (χ4n) is 4.02. The molecule has 1 atom stereocenters. The fraction of sp³-hybridized carbons (Fsp3) is 0.391. The number of carbonyl (C=O) groups is 2. The summed E-state index contributed by atoms with van der Waals surface area (Å²) in [6, 6.07) is 7.04. The highest BCUT2D eigenvalue weighted by Gasteiger charge is 2.31. The van der Waals surface area contributed by atoms with Gasteiger partial charge in [0.25, 0.3) is 5.56 Å². The van der Waals surface area contributed by atoms with Crippen molar-refractivity contribution in [1.82, 2.24) is 14.5 Å². The molecule has 0 saturated heterocycles. The molecule has 2 heterocycles. The molecule has 0 saturated carbocycles. The highest BCUT2D eigenvalue weighted by atomic mass is 16.2. The van der Waals surface area contributed by atoms with Gasteiger partial charge in [-0.2, -0.15) is 0 Å². The Balaban J connectivity index is 1.99. The third-order valence-corrected chi connectivity index (χ3v) is 5.67. The maximum atomic E-state index is 13.4. The molecule has 3 rings (SSSR count). The number of benzene rings is 1. The zero-order valence-corrected chi connectivity index (χ0v) is 18.6. The molecule has 170 valence electrons. The molecule has 1 aliphatic heterocycles. The van der Waals surface area contributed by atoms with Crippen LogP contribution in [0.1, 0.15) is 57.2 Å². The van der Waals surface area contributed by atoms with Gasteiger partial charge in [0.05, 0.1) is 12.5 Å². The normalized spacial score (nSPS) is 14.8. The van der Waals surface area contributed by atoms with Crippen molar-refractivity contribution in [3.63, 3.8) is 0 Å². The summed E-state index contributed by atoms with van der Waals surface area (Å²) in [5, 5.41) is 0. The standard InChI is InChI=1S/C23H29N5O4/c1-4-6-12-28-21(24)20(22(31)25-23(28)32)26(5-2)19(30)14-18-17-10-8-7-9-16(17)11-13-27(18)15(3)29/h7-11,13,18H,4-6,12,14,24H2,1-3H3,(H,25,31,32). The molecule has 32 heavy (non-hydrogen) atoms. The van der Waals surface area contributed by atoms with Crippen LogP contribution < -0.4 is 21.9 Å². The quantitative estimate of drug-likeness (QED) is 0.685. The van der Waals surface area contributed by atoms with Gasteiger partial charge in [-0.15, -0.1) is 0 Å². The highest BCUT2D eigenvalue weighted by molar-refractivity contribution is 5.96. The molecule has 0 fully saturated rings. The largest absolute Gasteiger partial charge is 0.383 e. The van der Waals surface area contributed by atoms with Crippen molar-refractivity contribution in [2.75, 3.05) is 17.2 Å². The molecule has 1 aromatic carbocycles. The number of H-pyrrole nitrogens is 1. The van der Waals surface area contributed by atoms with Crippen molar-refractivity contribution in [1.29, 1.82) is 0 Å². The third kappa shape index (κ3) is 4.37. The van der Waals surface area contributed by atoms with Crippen LogP contribution in [0.2, 0.25) is 0 Å². The molecule has 2 aromatic rings. The van der Waals surface area contributed by atoms with Gasteiger partial charge in [-0.3, -0.25) is 23.9 Å². The highest BCUT2D eigenvalue weighted by Crippen LogP contribution is 2.34. The van der Waals surface area contributed by atoms with Gasteiger partial charge in [0.2, 0.25) is 11.8 Å². The number of unbranched alkanes of at least 4 members (excludes halogenated alkanes) is 1. The van der Waals surface area contributed by atoms with Crippen LogP contribution in [0.4, 0.5) is 11.5 Å². The number of aromatic amines is 1. The fourth-order valence-corrected chi connectivity index (χ4v) is 4.02. The lowest BCUT2D eigenvalue weighted by atomic mass is 9.93. The van der Waals surface area contributed by atoms with Crippen molar-refractivity contribution >= 4 is 29.4 Å². The number of fused-ring (bicyclic) bond motifs is 1. The third-order valence-electron chi connectivity index (χ3n) is 5.67. The minimum absolute atomic E-state index is 0.0326. The van der Waals surface area contributed by atoms with E-state index in [4.69, 9.17) is 5.73 Å². The van der Waals surface area contributed by atoms with E-state index in [2.05, 4.69) is 4.98 Å². The summed E-state index contributed by atoms with van der Waals surface area (Å²) in [7, 11) is 0. The lowest BCUT2D eigenvalue weighted by molar-refractivity contribution is -0.129. The molecular formula is C23H29N5O4. The number of hydrogen-bond donors (Lipinski definition) is 2. The van der Waals surface area contributed by atoms with E-state index in [1.807, 2.05) is 37.3 Å². The minimum Gasteiger partial charge on any atom is -0.383 e. The predicted molar refractivity (Wildman–Crippen MR) is 124 cm³/mol. The Kier molecular flexibility index (Phi) is 6.97. The number of carbonyl (C=O) groups excluding carboxylic acids is 2. The number of anilines is 2. The summed E-state index contributed by atoms with van der Waals surface area (Å²) < 4.78 is 1.29. The molecule has 9 nitrogen and oxygen atoms in total. The van der Waals surface area contributed by atoms with E-state index < -0.39 is 17.3 Å². The zero-order chi connectivity index (χ0) is 23.4. The Labute approximate surface area is 186 Å². The van der Waals surface area contributed by atoms with E-state index >= 15 is 0 Å². The van der Waals surface area contributed by atoms with Crippen molar-refractivity contribution < 1.29 is 9.59 Å². The molecule has 1 aromatic heterocycles. The number of nitrogen functional groups attached to an aromatic ring is 1. The number of rotatable bonds is 7. The van der Waals surface area contributed by atoms with E-state index in [9.17, 15) is 19.2 Å². The van der Waals surface area contributed by atoms with Crippen LogP contribution in [0.25, 0.3) is 6.08 Å². The van der Waals surface area contributed by atoms with Gasteiger partial charge in [0.15, 0.2) is 5.69 Å². The minimum atomic E-state index is -0.706. The van der Waals surface area contributed by atoms with Gasteiger partial charge in [-0.25, -0.2) is 4.79 Å². The van der Waals surface area contributed by atoms with Gasteiger partial charge in [0, 0.05) is 26.2 Å². The Morgan fingerprint density at radius 2 is 1.91 bits per heavy atom. The van der Waals surface area contributed by atoms with Crippen molar-refractivity contribution in [2.24, 2.45) is 0 Å². The number of nitrogens with one attached hydrogen (secondary N) is 1. The van der Waals surface area contributed by atoms with Gasteiger partial charge in [0.1, 0.15) is 5.82 Å². The Bertz CT molecular complexity index is 1160. The summed E-state index contributed by atoms with van der Waals surface area (Å²) in [6.45, 7) is 5.68. The summed E-state index contributed by atoms with van der Waals surface area (Å²) in [5.74, 6) is -0.594. The van der Waals surface area contributed by atoms with E-state index in [1.165, 1.54) is 21.3 Å². The van der Waals surface area contributed by atoms with E-state index in [0.717, 1.165) is 17.5 Å². The average Bonchev–Trinajstić information content (AvgIpc) is 2.76. The molecule has 0 bridgehead atoms. The van der Waals surface area contributed by atoms with Crippen LogP contribution >= 0.6 is 0 Å². The van der Waals surface area contributed by atoms with Crippen LogP contribution in [0.15, 0.2) is 40.1 Å². The maximum absolute atomic E-state index is 13.4. The number of nitrogens with two attached hydrogens (primary N) is 1. The number of hydrogen-bond acceptors (Lipinski definition) is 5. The SMILES string of the molecule is CCCCn1c(N)c(N(CC)C(=O)CC2c3ccccc3C=CN2C(C)=O)c(=O)[nH]c1=O. The number of nitrogens with zero attached hydrogens (tertiary/aromatic N) is 3. The molecule has 0 spiro atoms. The first-order valence-corrected chi connectivity index (χ1v) is 10.8. The topological polar surface area (TPSA) is 121 Å². The van der Waals surface area contributed by atoms with Crippen molar-refractivity contribution in [2.45, 2.75) is 52.6 Å². The van der Waals surface area contributed by atoms with Crippen molar-refractivity contribution in [3.05, 3.63) is 62.4 Å². The van der Waals surface area contributed by atoms with Gasteiger partial charge in [-0.1, -0.05) is 37.6 Å². The van der Waals surface area contributed by atoms with Crippen LogP contribution in [0, 0.1) is 0 Å². The van der Waals surface area contributed by atoms with Gasteiger partial charge >= 0.3 is 5.69 Å². The van der Waals surface area contributed by atoms with E-state index in [-0.39, 0.29) is 36.3 Å². The monoisotopic (exact) mass is 439 g/mol. The lowest BCUT2D eigenvalue weighted by Gasteiger charge is -2.33. The summed E-state index contributed by atoms with van der Waals surface area (Å²) in [6.07, 6.45) is 5.01. The first-order chi connectivity index (χ1) is 15.3. The molecule has 9 heteroatoms. The smallest absolute Gasteiger partial charge is 0.330 e. The van der Waals surface area contributed by atoms with Crippen LogP contribution in [0.3, 0.4) is 0 Å². The molecular weight excluding hydrogens is 410 g/mol. The van der Waals surface area contributed by atoms with Crippen LogP contribution in [0.5, 0.6) is 0 Å². The summed E-state index contributed by atoms with van der Waals surface area (Å²) in [5.41, 5.74) is 6.64. The molecule has 1 unspecified atom stereocenters. The average molecular weight is 440 g/mol. The first kappa shape index (κ1) is 23.1. The summed E-state index contributed by atoms with van der Waals surface area (Å²) >= 11 is 0. The van der Waals surface area contributed by atoms with Crippen LogP contribution in [-0.2, 0) is 16.1 Å². The number of amides is 2. The maximum Gasteiger partial charge on any atom is 0.330 e. The van der Waals surface area contributed by atoms with E-state index in [0.29, 0.717) is 13.0 Å². The Morgan fingerprint density at radius 3 is 2.56 bits per heavy atom. The predicted octanol–water partition coefficient (Wildman–Crippen LogP) is 2.24. The molecule has 0 radical (unpaired) electrons. The first-order valence-electron chi connectivity index (χ1n) is 10.8. The van der Waals surface area contributed by atoms with Gasteiger partial charge in [-0.05, 0) is 30.5 Å². The second-order valence-electron chi connectivity index (χ2n) is 7.73. The van der Waals surface area contributed by atoms with E-state index in [1.54, 1.807) is 13.1 Å². The van der Waals surface area contributed by atoms with Gasteiger partial charge < -0.3 is 15.5 Å².